The van der Waals surface area contributed by atoms with Gasteiger partial charge in [0.1, 0.15) is 0 Å². The van der Waals surface area contributed by atoms with Gasteiger partial charge in [0.05, 0.1) is 0 Å². The third kappa shape index (κ3) is 4.02. The van der Waals surface area contributed by atoms with E-state index < -0.39 is 0 Å². The van der Waals surface area contributed by atoms with Gasteiger partial charge in [-0.1, -0.05) is 12.1 Å². The Labute approximate surface area is 156 Å². The topological polar surface area (TPSA) is 52.0 Å². The normalized spacial score (nSPS) is 9.22. The van der Waals surface area contributed by atoms with Crippen LogP contribution in [0.2, 0.25) is 0 Å². The van der Waals surface area contributed by atoms with Gasteiger partial charge in [0.2, 0.25) is 0 Å². The van der Waals surface area contributed by atoms with Gasteiger partial charge in [0.25, 0.3) is 0 Å². The van der Waals surface area contributed by atoms with Crippen molar-refractivity contribution in [1.82, 2.24) is 0 Å². The fourth-order valence-corrected chi connectivity index (χ4v) is 1.71. The first-order valence-corrected chi connectivity index (χ1v) is 5.30. The molecule has 0 amide bonds. The van der Waals surface area contributed by atoms with Crippen LogP contribution in [-0.4, -0.2) is 0 Å². The first-order chi connectivity index (χ1) is 7.58. The number of benzene rings is 2. The Bertz CT molecular complexity index is 499. The number of anilines is 2. The molecule has 2 nitrogen and oxygen atoms in total. The fourth-order valence-electron chi connectivity index (χ4n) is 1.71. The zero-order chi connectivity index (χ0) is 11.7. The van der Waals surface area contributed by atoms with E-state index in [0.717, 1.165) is 22.5 Å². The largest absolute Gasteiger partial charge is 1.00 e. The van der Waals surface area contributed by atoms with Crippen LogP contribution in [0.3, 0.4) is 0 Å². The van der Waals surface area contributed by atoms with Crippen molar-refractivity contribution in [2.45, 2.75) is 13.8 Å². The smallest absolute Gasteiger partial charge is 1.00 e. The Hall–Kier alpha value is 0.0400. The molecule has 2 rings (SSSR count). The van der Waals surface area contributed by atoms with Gasteiger partial charge in [-0.15, -0.1) is 0 Å². The van der Waals surface area contributed by atoms with E-state index in [9.17, 15) is 0 Å². The average Bonchev–Trinajstić information content (AvgIpc) is 2.26. The molecular formula is C14H18N2Na2. The van der Waals surface area contributed by atoms with Crippen LogP contribution in [0, 0.1) is 13.8 Å². The van der Waals surface area contributed by atoms with Crippen LogP contribution < -0.4 is 70.6 Å². The van der Waals surface area contributed by atoms with E-state index in [-0.39, 0.29) is 62.0 Å². The summed E-state index contributed by atoms with van der Waals surface area (Å²) >= 11 is 0. The van der Waals surface area contributed by atoms with E-state index in [2.05, 4.69) is 12.1 Å². The first kappa shape index (κ1) is 18.0. The summed E-state index contributed by atoms with van der Waals surface area (Å²) < 4.78 is 0. The van der Waals surface area contributed by atoms with Crippen LogP contribution in [0.1, 0.15) is 14.0 Å². The van der Waals surface area contributed by atoms with Crippen molar-refractivity contribution < 1.29 is 62.0 Å². The summed E-state index contributed by atoms with van der Waals surface area (Å²) in [6.45, 7) is 4.03. The predicted octanol–water partition coefficient (Wildman–Crippen LogP) is -2.63. The molecule has 0 heterocycles. The standard InChI is InChI=1S/C14H16N2.2Na.2H/c1-9-7-11(3-5-13(9)15)12-4-6-14(16)10(2)8-12;;;;/h3-8H,15-16H2,1-2H3;;;;/q;2*+1;2*-1. The van der Waals surface area contributed by atoms with E-state index in [1.807, 2.05) is 38.1 Å². The van der Waals surface area contributed by atoms with Gasteiger partial charge in [-0.3, -0.25) is 0 Å². The summed E-state index contributed by atoms with van der Waals surface area (Å²) in [7, 11) is 0. The van der Waals surface area contributed by atoms with Crippen LogP contribution in [0.5, 0.6) is 0 Å². The Kier molecular flexibility index (Phi) is 7.60. The molecule has 0 saturated heterocycles. The summed E-state index contributed by atoms with van der Waals surface area (Å²) in [4.78, 5) is 0. The minimum atomic E-state index is 0. The van der Waals surface area contributed by atoms with E-state index in [1.54, 1.807) is 0 Å². The quantitative estimate of drug-likeness (QED) is 0.435. The molecule has 0 spiro atoms. The fraction of sp³-hybridized carbons (Fsp3) is 0.143. The number of aryl methyl sites for hydroxylation is 2. The minimum absolute atomic E-state index is 0. The predicted molar refractivity (Wildman–Crippen MR) is 72.4 cm³/mol. The van der Waals surface area contributed by atoms with Crippen molar-refractivity contribution >= 4 is 11.4 Å². The molecule has 4 N–H and O–H groups in total. The van der Waals surface area contributed by atoms with Crippen LogP contribution >= 0.6 is 0 Å². The first-order valence-electron chi connectivity index (χ1n) is 5.30. The molecule has 0 fully saturated rings. The van der Waals surface area contributed by atoms with Gasteiger partial charge >= 0.3 is 59.1 Å². The van der Waals surface area contributed by atoms with Crippen molar-refractivity contribution in [2.24, 2.45) is 0 Å². The van der Waals surface area contributed by atoms with Crippen LogP contribution in [0.4, 0.5) is 11.4 Å². The third-order valence-electron chi connectivity index (χ3n) is 2.87. The molecule has 0 aromatic heterocycles. The monoisotopic (exact) mass is 260 g/mol. The maximum Gasteiger partial charge on any atom is 1.00 e. The second-order valence-corrected chi connectivity index (χ2v) is 4.14. The van der Waals surface area contributed by atoms with Crippen LogP contribution in [0.25, 0.3) is 11.1 Å². The summed E-state index contributed by atoms with van der Waals surface area (Å²) in [5, 5.41) is 0. The molecule has 2 aromatic carbocycles. The Balaban J connectivity index is -0.000000722. The molecule has 0 aliphatic heterocycles. The van der Waals surface area contributed by atoms with Crippen LogP contribution in [0.15, 0.2) is 36.4 Å². The molecule has 4 heteroatoms. The second-order valence-electron chi connectivity index (χ2n) is 4.14. The number of nitrogens with two attached hydrogens (primary N) is 2. The van der Waals surface area contributed by atoms with Gasteiger partial charge in [-0.05, 0) is 60.4 Å². The number of hydrogen-bond donors (Lipinski definition) is 2. The average molecular weight is 260 g/mol. The summed E-state index contributed by atoms with van der Waals surface area (Å²) in [6, 6.07) is 12.1. The maximum absolute atomic E-state index is 5.80. The number of rotatable bonds is 1. The van der Waals surface area contributed by atoms with E-state index in [1.165, 1.54) is 11.1 Å². The Morgan fingerprint density at radius 2 is 1.06 bits per heavy atom. The van der Waals surface area contributed by atoms with E-state index in [4.69, 9.17) is 11.5 Å². The van der Waals surface area contributed by atoms with Crippen LogP contribution in [-0.2, 0) is 0 Å². The second kappa shape index (κ2) is 7.59. The van der Waals surface area contributed by atoms with Crippen molar-refractivity contribution in [3.8, 4) is 11.1 Å². The zero-order valence-corrected chi connectivity index (χ0v) is 15.6. The molecule has 86 valence electrons. The Morgan fingerprint density at radius 3 is 1.33 bits per heavy atom. The molecule has 0 saturated carbocycles. The van der Waals surface area contributed by atoms with Gasteiger partial charge < -0.3 is 14.3 Å². The SMILES string of the molecule is Cc1cc(-c2ccc(N)c(C)c2)ccc1N.[H-].[H-].[Na+].[Na+]. The molecular weight excluding hydrogens is 242 g/mol. The molecule has 0 radical (unpaired) electrons. The van der Waals surface area contributed by atoms with Crippen molar-refractivity contribution in [3.05, 3.63) is 47.5 Å². The van der Waals surface area contributed by atoms with E-state index in [0.29, 0.717) is 0 Å². The summed E-state index contributed by atoms with van der Waals surface area (Å²) in [6.07, 6.45) is 0. The van der Waals surface area contributed by atoms with Gasteiger partial charge in [0.15, 0.2) is 0 Å². The minimum Gasteiger partial charge on any atom is -1.00 e. The van der Waals surface area contributed by atoms with Crippen molar-refractivity contribution in [1.29, 1.82) is 0 Å². The van der Waals surface area contributed by atoms with Gasteiger partial charge in [-0.2, -0.15) is 0 Å². The van der Waals surface area contributed by atoms with Gasteiger partial charge in [0, 0.05) is 11.4 Å². The van der Waals surface area contributed by atoms with Crippen molar-refractivity contribution in [3.63, 3.8) is 0 Å². The zero-order valence-electron chi connectivity index (χ0n) is 13.6. The summed E-state index contributed by atoms with van der Waals surface area (Å²) in [5.41, 5.74) is 17.8. The molecule has 18 heavy (non-hydrogen) atoms. The van der Waals surface area contributed by atoms with Gasteiger partial charge in [-0.25, -0.2) is 0 Å². The molecule has 0 atom stereocenters. The molecule has 0 unspecified atom stereocenters. The maximum atomic E-state index is 5.80. The number of nitrogen functional groups attached to an aromatic ring is 2. The molecule has 0 bridgehead atoms. The molecule has 0 aliphatic carbocycles. The van der Waals surface area contributed by atoms with E-state index >= 15 is 0 Å². The third-order valence-corrected chi connectivity index (χ3v) is 2.87. The Morgan fingerprint density at radius 1 is 0.722 bits per heavy atom. The number of hydrogen-bond acceptors (Lipinski definition) is 2. The summed E-state index contributed by atoms with van der Waals surface area (Å²) in [5.74, 6) is 0. The van der Waals surface area contributed by atoms with Crippen molar-refractivity contribution in [2.75, 3.05) is 11.5 Å². The molecule has 0 aliphatic rings. The molecule has 2 aromatic rings.